The highest BCUT2D eigenvalue weighted by molar-refractivity contribution is 5.84. The van der Waals surface area contributed by atoms with Crippen molar-refractivity contribution in [3.05, 3.63) is 0 Å². The number of carbonyl (C=O) groups is 2. The minimum Gasteiger partial charge on any atom is -0.355 e. The molecule has 0 aliphatic carbocycles. The zero-order chi connectivity index (χ0) is 15.8. The molecule has 2 saturated heterocycles. The molecule has 126 valence electrons. The van der Waals surface area contributed by atoms with Crippen molar-refractivity contribution in [3.8, 4) is 0 Å². The summed E-state index contributed by atoms with van der Waals surface area (Å²) in [5.41, 5.74) is 0. The van der Waals surface area contributed by atoms with Crippen molar-refractivity contribution < 1.29 is 9.59 Å². The van der Waals surface area contributed by atoms with E-state index in [1.807, 2.05) is 0 Å². The number of rotatable bonds is 6. The van der Waals surface area contributed by atoms with Gasteiger partial charge in [-0.2, -0.15) is 0 Å². The molecule has 2 amide bonds. The van der Waals surface area contributed by atoms with Crippen molar-refractivity contribution in [2.24, 2.45) is 0 Å². The summed E-state index contributed by atoms with van der Waals surface area (Å²) >= 11 is 0. The smallest absolute Gasteiger partial charge is 0.239 e. The van der Waals surface area contributed by atoms with Crippen molar-refractivity contribution in [1.29, 1.82) is 0 Å². The van der Waals surface area contributed by atoms with Crippen LogP contribution >= 0.6 is 0 Å². The molecule has 0 spiro atoms. The van der Waals surface area contributed by atoms with Crippen LogP contribution in [-0.4, -0.2) is 85.9 Å². The highest BCUT2D eigenvalue weighted by atomic mass is 16.2. The summed E-state index contributed by atoms with van der Waals surface area (Å²) in [5, 5.41) is 2.95. The second-order valence-corrected chi connectivity index (χ2v) is 6.47. The Bertz CT molecular complexity index is 367. The Kier molecular flexibility index (Phi) is 7.12. The summed E-state index contributed by atoms with van der Waals surface area (Å²) in [7, 11) is 2.15. The Hall–Kier alpha value is -1.14. The van der Waals surface area contributed by atoms with Gasteiger partial charge in [0, 0.05) is 45.7 Å². The van der Waals surface area contributed by atoms with E-state index < -0.39 is 0 Å². The maximum absolute atomic E-state index is 11.9. The number of hydrogen-bond donors (Lipinski definition) is 1. The average molecular weight is 310 g/mol. The molecule has 0 bridgehead atoms. The van der Waals surface area contributed by atoms with Gasteiger partial charge < -0.3 is 20.0 Å². The highest BCUT2D eigenvalue weighted by Gasteiger charge is 2.19. The number of hydrogen-bond acceptors (Lipinski definition) is 4. The largest absolute Gasteiger partial charge is 0.355 e. The topological polar surface area (TPSA) is 55.9 Å². The van der Waals surface area contributed by atoms with E-state index in [4.69, 9.17) is 0 Å². The standard InChI is InChI=1S/C16H30N4O2/c1-18-10-12-19(13-11-18)8-5-7-17-15(21)14-20-9-4-2-3-6-16(20)22/h2-14H2,1H3,(H,17,21). The van der Waals surface area contributed by atoms with E-state index >= 15 is 0 Å². The number of amides is 2. The monoisotopic (exact) mass is 310 g/mol. The van der Waals surface area contributed by atoms with Crippen LogP contribution in [0.2, 0.25) is 0 Å². The van der Waals surface area contributed by atoms with Crippen molar-refractivity contribution in [3.63, 3.8) is 0 Å². The highest BCUT2D eigenvalue weighted by Crippen LogP contribution is 2.10. The molecule has 0 saturated carbocycles. The molecule has 6 nitrogen and oxygen atoms in total. The van der Waals surface area contributed by atoms with Gasteiger partial charge in [0.15, 0.2) is 0 Å². The molecule has 2 aliphatic rings. The third-order valence-electron chi connectivity index (χ3n) is 4.58. The minimum absolute atomic E-state index is 0.0198. The summed E-state index contributed by atoms with van der Waals surface area (Å²) < 4.78 is 0. The zero-order valence-electron chi connectivity index (χ0n) is 13.9. The van der Waals surface area contributed by atoms with Crippen molar-refractivity contribution in [2.75, 3.05) is 59.4 Å². The molecule has 0 aromatic heterocycles. The number of piperazine rings is 1. The quantitative estimate of drug-likeness (QED) is 0.709. The fourth-order valence-corrected chi connectivity index (χ4v) is 3.04. The number of nitrogens with zero attached hydrogens (tertiary/aromatic N) is 3. The summed E-state index contributed by atoms with van der Waals surface area (Å²) in [6.45, 7) is 7.19. The van der Waals surface area contributed by atoms with Crippen LogP contribution in [-0.2, 0) is 9.59 Å². The molecule has 1 N–H and O–H groups in total. The summed E-state index contributed by atoms with van der Waals surface area (Å²) in [5.74, 6) is 0.110. The van der Waals surface area contributed by atoms with E-state index in [0.29, 0.717) is 13.0 Å². The molecule has 0 atom stereocenters. The third-order valence-corrected chi connectivity index (χ3v) is 4.58. The predicted molar refractivity (Wildman–Crippen MR) is 86.6 cm³/mol. The summed E-state index contributed by atoms with van der Waals surface area (Å²) in [6, 6.07) is 0. The van der Waals surface area contributed by atoms with Crippen LogP contribution in [0.1, 0.15) is 32.1 Å². The lowest BCUT2D eigenvalue weighted by atomic mass is 10.2. The lowest BCUT2D eigenvalue weighted by Crippen LogP contribution is -2.45. The van der Waals surface area contributed by atoms with Crippen LogP contribution < -0.4 is 5.32 Å². The van der Waals surface area contributed by atoms with Crippen LogP contribution in [0.4, 0.5) is 0 Å². The Balaban J connectivity index is 1.56. The maximum atomic E-state index is 11.9. The van der Waals surface area contributed by atoms with Crippen LogP contribution in [0.15, 0.2) is 0 Å². The molecule has 0 unspecified atom stereocenters. The third kappa shape index (κ3) is 5.93. The Morgan fingerprint density at radius 1 is 1.09 bits per heavy atom. The molecule has 22 heavy (non-hydrogen) atoms. The SMILES string of the molecule is CN1CCN(CCCNC(=O)CN2CCCCCC2=O)CC1. The second kappa shape index (κ2) is 9.10. The van der Waals surface area contributed by atoms with Crippen molar-refractivity contribution in [1.82, 2.24) is 20.0 Å². The normalized spacial score (nSPS) is 21.7. The van der Waals surface area contributed by atoms with Crippen LogP contribution in [0.5, 0.6) is 0 Å². The van der Waals surface area contributed by atoms with Crippen LogP contribution in [0.3, 0.4) is 0 Å². The molecule has 0 aromatic carbocycles. The molecule has 2 rings (SSSR count). The molecule has 2 heterocycles. The first-order valence-corrected chi connectivity index (χ1v) is 8.60. The van der Waals surface area contributed by atoms with E-state index in [0.717, 1.165) is 65.0 Å². The van der Waals surface area contributed by atoms with Gasteiger partial charge in [-0.05, 0) is 32.9 Å². The van der Waals surface area contributed by atoms with Gasteiger partial charge in [-0.25, -0.2) is 0 Å². The number of nitrogens with one attached hydrogen (secondary N) is 1. The van der Waals surface area contributed by atoms with Gasteiger partial charge in [-0.3, -0.25) is 9.59 Å². The summed E-state index contributed by atoms with van der Waals surface area (Å²) in [4.78, 5) is 30.3. The predicted octanol–water partition coefficient (Wildman–Crippen LogP) is 0.143. The first kappa shape index (κ1) is 17.2. The van der Waals surface area contributed by atoms with Gasteiger partial charge in [0.1, 0.15) is 0 Å². The number of likely N-dealkylation sites (tertiary alicyclic amines) is 1. The zero-order valence-corrected chi connectivity index (χ0v) is 13.9. The average Bonchev–Trinajstić information content (AvgIpc) is 2.71. The van der Waals surface area contributed by atoms with E-state index in [1.165, 1.54) is 0 Å². The lowest BCUT2D eigenvalue weighted by Gasteiger charge is -2.32. The van der Waals surface area contributed by atoms with E-state index in [9.17, 15) is 9.59 Å². The number of carbonyl (C=O) groups excluding carboxylic acids is 2. The Labute approximate surface area is 133 Å². The van der Waals surface area contributed by atoms with Gasteiger partial charge in [0.2, 0.25) is 11.8 Å². The van der Waals surface area contributed by atoms with Gasteiger partial charge in [0.25, 0.3) is 0 Å². The summed E-state index contributed by atoms with van der Waals surface area (Å²) in [6.07, 6.45) is 4.64. The first-order valence-electron chi connectivity index (χ1n) is 8.60. The minimum atomic E-state index is -0.0198. The van der Waals surface area contributed by atoms with Gasteiger partial charge in [-0.15, -0.1) is 0 Å². The van der Waals surface area contributed by atoms with Gasteiger partial charge in [0.05, 0.1) is 6.54 Å². The Morgan fingerprint density at radius 2 is 1.86 bits per heavy atom. The Morgan fingerprint density at radius 3 is 2.64 bits per heavy atom. The molecular formula is C16H30N4O2. The van der Waals surface area contributed by atoms with E-state index in [1.54, 1.807) is 4.90 Å². The molecule has 2 fully saturated rings. The molecule has 0 aromatic rings. The molecular weight excluding hydrogens is 280 g/mol. The lowest BCUT2D eigenvalue weighted by molar-refractivity contribution is -0.135. The van der Waals surface area contributed by atoms with Crippen LogP contribution in [0.25, 0.3) is 0 Å². The fourth-order valence-electron chi connectivity index (χ4n) is 3.04. The second-order valence-electron chi connectivity index (χ2n) is 6.47. The first-order chi connectivity index (χ1) is 10.6. The van der Waals surface area contributed by atoms with Gasteiger partial charge >= 0.3 is 0 Å². The fraction of sp³-hybridized carbons (Fsp3) is 0.875. The van der Waals surface area contributed by atoms with Crippen LogP contribution in [0, 0.1) is 0 Å². The van der Waals surface area contributed by atoms with E-state index in [-0.39, 0.29) is 18.4 Å². The number of likely N-dealkylation sites (N-methyl/N-ethyl adjacent to an activating group) is 1. The van der Waals surface area contributed by atoms with Gasteiger partial charge in [-0.1, -0.05) is 6.42 Å². The molecule has 0 radical (unpaired) electrons. The maximum Gasteiger partial charge on any atom is 0.239 e. The van der Waals surface area contributed by atoms with E-state index in [2.05, 4.69) is 22.2 Å². The van der Waals surface area contributed by atoms with Crippen molar-refractivity contribution in [2.45, 2.75) is 32.1 Å². The molecule has 6 heteroatoms. The van der Waals surface area contributed by atoms with Crippen molar-refractivity contribution >= 4 is 11.8 Å². The molecule has 2 aliphatic heterocycles.